The van der Waals surface area contributed by atoms with Crippen molar-refractivity contribution in [2.24, 2.45) is 0 Å². The molecule has 3 nitrogen and oxygen atoms in total. The maximum atomic E-state index is 13.6. The second-order valence-electron chi connectivity index (χ2n) is 6.97. The summed E-state index contributed by atoms with van der Waals surface area (Å²) in [6.07, 6.45) is 5.43. The molecule has 144 valence electrons. The molecular formula is C25H14ClFN2O. The first kappa shape index (κ1) is 18.4. The maximum absolute atomic E-state index is 13.6. The van der Waals surface area contributed by atoms with Gasteiger partial charge in [0, 0.05) is 22.4 Å². The van der Waals surface area contributed by atoms with Crippen LogP contribution >= 0.6 is 11.6 Å². The van der Waals surface area contributed by atoms with Crippen LogP contribution < -0.4 is 5.43 Å². The van der Waals surface area contributed by atoms with Gasteiger partial charge in [0.25, 0.3) is 0 Å². The Kier molecular flexibility index (Phi) is 4.49. The molecule has 0 amide bonds. The van der Waals surface area contributed by atoms with Crippen molar-refractivity contribution in [3.63, 3.8) is 0 Å². The highest BCUT2D eigenvalue weighted by atomic mass is 35.5. The number of aromatic nitrogens is 2. The smallest absolute Gasteiger partial charge is 0.195 e. The Hall–Kier alpha value is -3.63. The van der Waals surface area contributed by atoms with Gasteiger partial charge in [-0.25, -0.2) is 9.37 Å². The fourth-order valence-corrected chi connectivity index (χ4v) is 3.64. The monoisotopic (exact) mass is 412 g/mol. The van der Waals surface area contributed by atoms with Crippen molar-refractivity contribution >= 4 is 56.3 Å². The molecule has 0 aliphatic rings. The van der Waals surface area contributed by atoms with Crippen LogP contribution in [0.4, 0.5) is 4.39 Å². The molecule has 0 bridgehead atoms. The summed E-state index contributed by atoms with van der Waals surface area (Å²) in [5.74, 6) is -0.463. The third-order valence-electron chi connectivity index (χ3n) is 5.03. The molecule has 0 aliphatic heterocycles. The first-order chi connectivity index (χ1) is 14.6. The van der Waals surface area contributed by atoms with Gasteiger partial charge in [-0.05, 0) is 59.5 Å². The number of rotatable bonds is 2. The van der Waals surface area contributed by atoms with Crippen LogP contribution in [-0.4, -0.2) is 9.97 Å². The topological polar surface area (TPSA) is 42.9 Å². The molecule has 5 rings (SSSR count). The van der Waals surface area contributed by atoms with Crippen molar-refractivity contribution in [1.82, 2.24) is 9.97 Å². The summed E-state index contributed by atoms with van der Waals surface area (Å²) in [6, 6.07) is 19.6. The van der Waals surface area contributed by atoms with E-state index in [9.17, 15) is 9.18 Å². The van der Waals surface area contributed by atoms with Crippen molar-refractivity contribution in [3.8, 4) is 0 Å². The van der Waals surface area contributed by atoms with Gasteiger partial charge in [-0.1, -0.05) is 41.9 Å². The Morgan fingerprint density at radius 1 is 0.833 bits per heavy atom. The van der Waals surface area contributed by atoms with E-state index in [2.05, 4.69) is 9.97 Å². The van der Waals surface area contributed by atoms with E-state index in [1.807, 2.05) is 48.6 Å². The van der Waals surface area contributed by atoms with Crippen LogP contribution in [0.25, 0.3) is 44.7 Å². The summed E-state index contributed by atoms with van der Waals surface area (Å²) >= 11 is 5.87. The zero-order valence-electron chi connectivity index (χ0n) is 15.6. The lowest BCUT2D eigenvalue weighted by molar-refractivity contribution is 0.630. The van der Waals surface area contributed by atoms with Crippen LogP contribution in [0.1, 0.15) is 11.3 Å². The number of hydrogen-bond donors (Lipinski definition) is 0. The third-order valence-corrected chi connectivity index (χ3v) is 5.31. The van der Waals surface area contributed by atoms with Gasteiger partial charge in [0.2, 0.25) is 0 Å². The van der Waals surface area contributed by atoms with Gasteiger partial charge >= 0.3 is 0 Å². The van der Waals surface area contributed by atoms with Crippen LogP contribution in [0, 0.1) is 5.82 Å². The van der Waals surface area contributed by atoms with E-state index in [-0.39, 0.29) is 10.5 Å². The molecule has 0 N–H and O–H groups in total. The minimum absolute atomic E-state index is 0.0446. The lowest BCUT2D eigenvalue weighted by Crippen LogP contribution is -1.99. The highest BCUT2D eigenvalue weighted by Gasteiger charge is 2.05. The van der Waals surface area contributed by atoms with Crippen molar-refractivity contribution in [2.45, 2.75) is 0 Å². The normalized spacial score (nSPS) is 11.7. The number of fused-ring (bicyclic) bond motifs is 3. The molecule has 2 aromatic heterocycles. The average molecular weight is 413 g/mol. The largest absolute Gasteiger partial charge is 0.289 e. The molecule has 0 saturated carbocycles. The molecule has 5 aromatic rings. The first-order valence-electron chi connectivity index (χ1n) is 9.34. The molecule has 0 unspecified atom stereocenters. The van der Waals surface area contributed by atoms with Crippen molar-refractivity contribution in [3.05, 3.63) is 105 Å². The number of hydrogen-bond acceptors (Lipinski definition) is 3. The standard InChI is InChI=1S/C25H14ClFN2O/c26-21-14-24-17(13-22(21)27)6-9-18(29-24)8-4-15-3-5-16-7-10-23-19(2-1-11-28-23)25(30)20(16)12-15/h1-14H/b8-4+. The highest BCUT2D eigenvalue weighted by molar-refractivity contribution is 6.31. The van der Waals surface area contributed by atoms with Gasteiger partial charge in [-0.3, -0.25) is 9.78 Å². The van der Waals surface area contributed by atoms with E-state index in [4.69, 9.17) is 11.6 Å². The first-order valence-corrected chi connectivity index (χ1v) is 9.72. The van der Waals surface area contributed by atoms with Gasteiger partial charge in [0.1, 0.15) is 5.82 Å². The molecule has 0 atom stereocenters. The molecule has 5 heteroatoms. The summed E-state index contributed by atoms with van der Waals surface area (Å²) in [4.78, 5) is 21.8. The van der Waals surface area contributed by atoms with Gasteiger partial charge < -0.3 is 0 Å². The highest BCUT2D eigenvalue weighted by Crippen LogP contribution is 2.23. The predicted molar refractivity (Wildman–Crippen MR) is 121 cm³/mol. The Balaban J connectivity index is 1.58. The minimum atomic E-state index is -0.463. The number of nitrogens with zero attached hydrogens (tertiary/aromatic N) is 2. The molecule has 0 spiro atoms. The SMILES string of the molecule is O=c1c2cc(/C=C/c3ccc4cc(F)c(Cl)cc4n3)ccc2ccc2ncccc12. The molecular weight excluding hydrogens is 399 g/mol. The van der Waals surface area contributed by atoms with Crippen molar-refractivity contribution in [1.29, 1.82) is 0 Å². The fraction of sp³-hybridized carbons (Fsp3) is 0. The minimum Gasteiger partial charge on any atom is -0.289 e. The van der Waals surface area contributed by atoms with E-state index in [0.717, 1.165) is 10.9 Å². The van der Waals surface area contributed by atoms with E-state index in [1.54, 1.807) is 24.4 Å². The molecule has 3 aromatic carbocycles. The van der Waals surface area contributed by atoms with E-state index in [1.165, 1.54) is 12.1 Å². The Morgan fingerprint density at radius 2 is 1.67 bits per heavy atom. The van der Waals surface area contributed by atoms with Gasteiger partial charge in [0.15, 0.2) is 5.43 Å². The fourth-order valence-electron chi connectivity index (χ4n) is 3.48. The summed E-state index contributed by atoms with van der Waals surface area (Å²) in [7, 11) is 0. The molecule has 0 radical (unpaired) electrons. The van der Waals surface area contributed by atoms with Gasteiger partial charge in [0.05, 0.1) is 21.7 Å². The molecule has 30 heavy (non-hydrogen) atoms. The van der Waals surface area contributed by atoms with Crippen molar-refractivity contribution < 1.29 is 4.39 Å². The zero-order chi connectivity index (χ0) is 20.7. The van der Waals surface area contributed by atoms with E-state index < -0.39 is 5.82 Å². The van der Waals surface area contributed by atoms with Crippen molar-refractivity contribution in [2.75, 3.05) is 0 Å². The quantitative estimate of drug-likeness (QED) is 0.343. The summed E-state index contributed by atoms with van der Waals surface area (Å²) < 4.78 is 13.6. The molecule has 0 aliphatic carbocycles. The number of halogens is 2. The number of pyridine rings is 2. The Morgan fingerprint density at radius 3 is 2.57 bits per heavy atom. The molecule has 0 fully saturated rings. The van der Waals surface area contributed by atoms with E-state index in [0.29, 0.717) is 32.9 Å². The van der Waals surface area contributed by atoms with Crippen LogP contribution in [0.3, 0.4) is 0 Å². The second-order valence-corrected chi connectivity index (χ2v) is 7.38. The number of benzene rings is 2. The van der Waals surface area contributed by atoms with Crippen LogP contribution in [0.5, 0.6) is 0 Å². The Bertz CT molecular complexity index is 1550. The summed E-state index contributed by atoms with van der Waals surface area (Å²) in [5.41, 5.74) is 2.83. The van der Waals surface area contributed by atoms with E-state index >= 15 is 0 Å². The maximum Gasteiger partial charge on any atom is 0.195 e. The second kappa shape index (κ2) is 7.32. The van der Waals surface area contributed by atoms with Crippen LogP contribution in [0.2, 0.25) is 5.02 Å². The summed E-state index contributed by atoms with van der Waals surface area (Å²) in [6.45, 7) is 0. The van der Waals surface area contributed by atoms with Crippen LogP contribution in [-0.2, 0) is 0 Å². The molecule has 0 saturated heterocycles. The lowest BCUT2D eigenvalue weighted by atomic mass is 10.1. The summed E-state index contributed by atoms with van der Waals surface area (Å²) in [5, 5.41) is 2.81. The van der Waals surface area contributed by atoms with Gasteiger partial charge in [-0.15, -0.1) is 0 Å². The third kappa shape index (κ3) is 3.31. The average Bonchev–Trinajstić information content (AvgIpc) is 2.90. The molecule has 2 heterocycles. The zero-order valence-corrected chi connectivity index (χ0v) is 16.4. The Labute approximate surface area is 176 Å². The van der Waals surface area contributed by atoms with Gasteiger partial charge in [-0.2, -0.15) is 0 Å². The lowest BCUT2D eigenvalue weighted by Gasteiger charge is -2.01. The van der Waals surface area contributed by atoms with Crippen LogP contribution in [0.15, 0.2) is 77.7 Å². The predicted octanol–water partition coefficient (Wildman–Crippen LogP) is 6.26.